The van der Waals surface area contributed by atoms with E-state index in [1.165, 1.54) is 17.8 Å². The smallest absolute Gasteiger partial charge is 0.253 e. The summed E-state index contributed by atoms with van der Waals surface area (Å²) in [4.78, 5) is 24.6. The molecule has 11 heteroatoms. The second kappa shape index (κ2) is 10.5. The van der Waals surface area contributed by atoms with Crippen LogP contribution in [0, 0.1) is 0 Å². The highest BCUT2D eigenvalue weighted by molar-refractivity contribution is 7.99. The van der Waals surface area contributed by atoms with Gasteiger partial charge < -0.3 is 19.9 Å². The maximum absolute atomic E-state index is 12.3. The van der Waals surface area contributed by atoms with E-state index in [9.17, 15) is 9.59 Å². The molecule has 2 amide bonds. The van der Waals surface area contributed by atoms with E-state index in [0.29, 0.717) is 33.0 Å². The van der Waals surface area contributed by atoms with Gasteiger partial charge in [-0.25, -0.2) is 0 Å². The lowest BCUT2D eigenvalue weighted by Crippen LogP contribution is -2.24. The first kappa shape index (κ1) is 22.9. The predicted octanol–water partition coefficient (Wildman–Crippen LogP) is 3.79. The van der Waals surface area contributed by atoms with Crippen LogP contribution in [-0.2, 0) is 18.4 Å². The Morgan fingerprint density at radius 3 is 2.71 bits per heavy atom. The molecule has 0 atom stereocenters. The largest absolute Gasteiger partial charge is 0.497 e. The van der Waals surface area contributed by atoms with Gasteiger partial charge in [0.2, 0.25) is 5.91 Å². The number of nitrogens with one attached hydrogen (secondary N) is 2. The lowest BCUT2D eigenvalue weighted by atomic mass is 10.2. The van der Waals surface area contributed by atoms with E-state index < -0.39 is 0 Å². The molecule has 3 rings (SSSR count). The molecule has 0 bridgehead atoms. The Morgan fingerprint density at radius 1 is 1.16 bits per heavy atom. The number of amides is 2. The number of hydrogen-bond acceptors (Lipinski definition) is 6. The normalized spacial score (nSPS) is 10.6. The van der Waals surface area contributed by atoms with Crippen LogP contribution in [0.15, 0.2) is 47.6 Å². The van der Waals surface area contributed by atoms with Crippen molar-refractivity contribution in [3.8, 4) is 5.75 Å². The van der Waals surface area contributed by atoms with Crippen molar-refractivity contribution in [1.82, 2.24) is 20.1 Å². The number of carbonyl (C=O) groups excluding carboxylic acids is 2. The second-order valence-corrected chi connectivity index (χ2v) is 8.12. The third-order valence-corrected chi connectivity index (χ3v) is 5.76. The summed E-state index contributed by atoms with van der Waals surface area (Å²) in [5.74, 6) is 0.806. The molecule has 8 nitrogen and oxygen atoms in total. The highest BCUT2D eigenvalue weighted by Gasteiger charge is 2.15. The minimum Gasteiger partial charge on any atom is -0.497 e. The molecule has 0 fully saturated rings. The summed E-state index contributed by atoms with van der Waals surface area (Å²) < 4.78 is 6.86. The molecular formula is C20H19Cl2N5O3S. The maximum Gasteiger partial charge on any atom is 0.253 e. The molecule has 0 aliphatic heterocycles. The molecule has 0 saturated heterocycles. The molecule has 162 valence electrons. The van der Waals surface area contributed by atoms with Crippen LogP contribution in [0.4, 0.5) is 5.69 Å². The summed E-state index contributed by atoms with van der Waals surface area (Å²) in [6.07, 6.45) is 0. The fourth-order valence-electron chi connectivity index (χ4n) is 2.58. The molecule has 31 heavy (non-hydrogen) atoms. The zero-order valence-electron chi connectivity index (χ0n) is 16.7. The Hall–Kier alpha value is -2.75. The van der Waals surface area contributed by atoms with E-state index in [1.807, 2.05) is 0 Å². The molecule has 0 saturated carbocycles. The summed E-state index contributed by atoms with van der Waals surface area (Å²) in [6, 6.07) is 11.8. The number of thioether (sulfide) groups is 1. The summed E-state index contributed by atoms with van der Waals surface area (Å²) in [5, 5.41) is 15.0. The maximum atomic E-state index is 12.3. The Balaban J connectivity index is 1.53. The van der Waals surface area contributed by atoms with Gasteiger partial charge in [-0.3, -0.25) is 9.59 Å². The molecule has 3 aromatic rings. The van der Waals surface area contributed by atoms with E-state index in [1.54, 1.807) is 55.1 Å². The molecule has 2 aromatic carbocycles. The molecule has 2 N–H and O–H groups in total. The zero-order valence-corrected chi connectivity index (χ0v) is 19.0. The minimum absolute atomic E-state index is 0.149. The van der Waals surface area contributed by atoms with Crippen LogP contribution in [0.2, 0.25) is 10.0 Å². The summed E-state index contributed by atoms with van der Waals surface area (Å²) in [5.41, 5.74) is 0.962. The monoisotopic (exact) mass is 479 g/mol. The van der Waals surface area contributed by atoms with Crippen molar-refractivity contribution in [3.63, 3.8) is 0 Å². The lowest BCUT2D eigenvalue weighted by molar-refractivity contribution is -0.113. The van der Waals surface area contributed by atoms with Crippen molar-refractivity contribution in [1.29, 1.82) is 0 Å². The molecule has 1 aromatic heterocycles. The van der Waals surface area contributed by atoms with Crippen LogP contribution < -0.4 is 15.4 Å². The standard InChI is InChI=1S/C20H19Cl2N5O3S/c1-27-17(10-23-19(29)15-7-6-12(21)8-16(15)22)25-26-20(27)31-11-18(28)24-13-4-3-5-14(9-13)30-2/h3-9H,10-11H2,1-2H3,(H,23,29)(H,24,28). The third kappa shape index (κ3) is 6.13. The van der Waals surface area contributed by atoms with Gasteiger partial charge in [-0.2, -0.15) is 0 Å². The molecule has 0 aliphatic carbocycles. The number of hydrogen-bond donors (Lipinski definition) is 2. The fraction of sp³-hybridized carbons (Fsp3) is 0.200. The van der Waals surface area contributed by atoms with Crippen LogP contribution in [0.3, 0.4) is 0 Å². The van der Waals surface area contributed by atoms with Gasteiger partial charge in [0, 0.05) is 23.8 Å². The van der Waals surface area contributed by atoms with Gasteiger partial charge >= 0.3 is 0 Å². The first-order valence-corrected chi connectivity index (χ1v) is 10.8. The van der Waals surface area contributed by atoms with Crippen molar-refractivity contribution in [2.24, 2.45) is 7.05 Å². The first-order valence-electron chi connectivity index (χ1n) is 9.05. The average molecular weight is 480 g/mol. The Bertz CT molecular complexity index is 1110. The van der Waals surface area contributed by atoms with Gasteiger partial charge in [0.15, 0.2) is 11.0 Å². The van der Waals surface area contributed by atoms with Crippen molar-refractivity contribution in [2.45, 2.75) is 11.7 Å². The molecule has 0 unspecified atom stereocenters. The number of nitrogens with zero attached hydrogens (tertiary/aromatic N) is 3. The summed E-state index contributed by atoms with van der Waals surface area (Å²) in [7, 11) is 3.33. The van der Waals surface area contributed by atoms with Crippen LogP contribution >= 0.6 is 35.0 Å². The van der Waals surface area contributed by atoms with Crippen molar-refractivity contribution in [2.75, 3.05) is 18.2 Å². The molecule has 1 heterocycles. The molecule has 0 radical (unpaired) electrons. The van der Waals surface area contributed by atoms with E-state index in [4.69, 9.17) is 27.9 Å². The Morgan fingerprint density at radius 2 is 1.97 bits per heavy atom. The lowest BCUT2D eigenvalue weighted by Gasteiger charge is -2.08. The molecular weight excluding hydrogens is 461 g/mol. The SMILES string of the molecule is COc1cccc(NC(=O)CSc2nnc(CNC(=O)c3ccc(Cl)cc3Cl)n2C)c1. The Kier molecular flexibility index (Phi) is 7.78. The predicted molar refractivity (Wildman–Crippen MR) is 121 cm³/mol. The number of rotatable bonds is 8. The molecule has 0 spiro atoms. The van der Waals surface area contributed by atoms with Crippen LogP contribution in [-0.4, -0.2) is 39.4 Å². The van der Waals surface area contributed by atoms with Crippen LogP contribution in [0.25, 0.3) is 0 Å². The third-order valence-electron chi connectivity index (χ3n) is 4.19. The second-order valence-electron chi connectivity index (χ2n) is 6.33. The highest BCUT2D eigenvalue weighted by Crippen LogP contribution is 2.21. The minimum atomic E-state index is -0.350. The fourth-order valence-corrected chi connectivity index (χ4v) is 3.81. The number of aromatic nitrogens is 3. The van der Waals surface area contributed by atoms with Crippen LogP contribution in [0.5, 0.6) is 5.75 Å². The average Bonchev–Trinajstić information content (AvgIpc) is 3.10. The van der Waals surface area contributed by atoms with Crippen molar-refractivity contribution >= 4 is 52.5 Å². The quantitative estimate of drug-likeness (QED) is 0.476. The van der Waals surface area contributed by atoms with Crippen molar-refractivity contribution < 1.29 is 14.3 Å². The van der Waals surface area contributed by atoms with Gasteiger partial charge in [0.25, 0.3) is 5.91 Å². The van der Waals surface area contributed by atoms with Gasteiger partial charge in [-0.15, -0.1) is 10.2 Å². The van der Waals surface area contributed by atoms with E-state index >= 15 is 0 Å². The van der Waals surface area contributed by atoms with Gasteiger partial charge in [-0.05, 0) is 30.3 Å². The number of anilines is 1. The molecule has 0 aliphatic rings. The number of methoxy groups -OCH3 is 1. The highest BCUT2D eigenvalue weighted by atomic mass is 35.5. The Labute approximate surface area is 193 Å². The first-order chi connectivity index (χ1) is 14.9. The summed E-state index contributed by atoms with van der Waals surface area (Å²) >= 11 is 13.2. The number of ether oxygens (including phenoxy) is 1. The van der Waals surface area contributed by atoms with Gasteiger partial charge in [0.1, 0.15) is 5.75 Å². The van der Waals surface area contributed by atoms with E-state index in [2.05, 4.69) is 20.8 Å². The van der Waals surface area contributed by atoms with Gasteiger partial charge in [-0.1, -0.05) is 41.0 Å². The topological polar surface area (TPSA) is 98.1 Å². The number of benzene rings is 2. The number of carbonyl (C=O) groups is 2. The van der Waals surface area contributed by atoms with E-state index in [0.717, 1.165) is 0 Å². The van der Waals surface area contributed by atoms with Crippen LogP contribution in [0.1, 0.15) is 16.2 Å². The van der Waals surface area contributed by atoms with Crippen molar-refractivity contribution in [3.05, 3.63) is 63.9 Å². The van der Waals surface area contributed by atoms with E-state index in [-0.39, 0.29) is 29.1 Å². The zero-order chi connectivity index (χ0) is 22.4. The number of halogens is 2. The van der Waals surface area contributed by atoms with Gasteiger partial charge in [0.05, 0.1) is 30.0 Å². The summed E-state index contributed by atoms with van der Waals surface area (Å²) in [6.45, 7) is 0.151.